The van der Waals surface area contributed by atoms with Crippen LogP contribution < -0.4 is 15.4 Å². The van der Waals surface area contributed by atoms with E-state index < -0.39 is 0 Å². The van der Waals surface area contributed by atoms with Gasteiger partial charge in [0.2, 0.25) is 5.91 Å². The Kier molecular flexibility index (Phi) is 5.38. The maximum Gasteiger partial charge on any atom is 0.264 e. The number of rotatable bonds is 4. The highest BCUT2D eigenvalue weighted by Gasteiger charge is 2.23. The molecule has 0 atom stereocenters. The van der Waals surface area contributed by atoms with Gasteiger partial charge in [-0.3, -0.25) is 9.59 Å². The number of methoxy groups -OCH3 is 1. The van der Waals surface area contributed by atoms with E-state index in [9.17, 15) is 9.59 Å². The minimum Gasteiger partial charge on any atom is -0.497 e. The van der Waals surface area contributed by atoms with Crippen LogP contribution in [0.2, 0.25) is 0 Å². The Labute approximate surface area is 155 Å². The maximum atomic E-state index is 12.1. The Morgan fingerprint density at radius 2 is 2.00 bits per heavy atom. The predicted molar refractivity (Wildman–Crippen MR) is 105 cm³/mol. The van der Waals surface area contributed by atoms with Crippen LogP contribution in [0.3, 0.4) is 0 Å². The summed E-state index contributed by atoms with van der Waals surface area (Å²) in [5, 5.41) is 5.96. The number of hydrogen-bond acceptors (Lipinski definition) is 5. The van der Waals surface area contributed by atoms with Crippen molar-refractivity contribution in [3.63, 3.8) is 0 Å². The predicted octanol–water partition coefficient (Wildman–Crippen LogP) is 3.55. The number of amidine groups is 1. The number of benzene rings is 2. The first-order valence-corrected chi connectivity index (χ1v) is 8.66. The highest BCUT2D eigenvalue weighted by Crippen LogP contribution is 2.29. The maximum absolute atomic E-state index is 12.1. The van der Waals surface area contributed by atoms with Crippen molar-refractivity contribution >= 4 is 46.2 Å². The molecule has 3 rings (SSSR count). The van der Waals surface area contributed by atoms with Crippen LogP contribution >= 0.6 is 11.8 Å². The summed E-state index contributed by atoms with van der Waals surface area (Å²) in [6.07, 6.45) is 1.80. The van der Waals surface area contributed by atoms with Crippen molar-refractivity contribution < 1.29 is 14.3 Å². The van der Waals surface area contributed by atoms with Gasteiger partial charge in [-0.2, -0.15) is 0 Å². The molecule has 2 aromatic carbocycles. The molecule has 0 spiro atoms. The Morgan fingerprint density at radius 3 is 2.69 bits per heavy atom. The Balaban J connectivity index is 1.75. The van der Waals surface area contributed by atoms with Gasteiger partial charge in [0.1, 0.15) is 5.75 Å². The summed E-state index contributed by atoms with van der Waals surface area (Å²) >= 11 is 1.28. The minimum atomic E-state index is -0.188. The zero-order valence-corrected chi connectivity index (χ0v) is 15.1. The second-order valence-corrected chi connectivity index (χ2v) is 6.52. The summed E-state index contributed by atoms with van der Waals surface area (Å²) in [6, 6.07) is 14.5. The number of aliphatic imine (C=N–C) groups is 1. The minimum absolute atomic E-state index is 0.130. The molecular weight excluding hydrogens is 350 g/mol. The molecule has 1 saturated heterocycles. The van der Waals surface area contributed by atoms with Crippen LogP contribution in [0.5, 0.6) is 5.75 Å². The third-order valence-electron chi connectivity index (χ3n) is 3.46. The molecule has 2 N–H and O–H groups in total. The van der Waals surface area contributed by atoms with Crippen LogP contribution in [0.15, 0.2) is 58.4 Å². The van der Waals surface area contributed by atoms with Gasteiger partial charge >= 0.3 is 0 Å². The molecule has 26 heavy (non-hydrogen) atoms. The molecule has 7 heteroatoms. The van der Waals surface area contributed by atoms with Crippen LogP contribution in [-0.2, 0) is 9.59 Å². The lowest BCUT2D eigenvalue weighted by Crippen LogP contribution is -2.19. The highest BCUT2D eigenvalue weighted by atomic mass is 32.2. The van der Waals surface area contributed by atoms with E-state index >= 15 is 0 Å². The largest absolute Gasteiger partial charge is 0.497 e. The summed E-state index contributed by atoms with van der Waals surface area (Å²) < 4.78 is 5.19. The van der Waals surface area contributed by atoms with Gasteiger partial charge in [0.05, 0.1) is 17.7 Å². The van der Waals surface area contributed by atoms with Crippen LogP contribution in [0.25, 0.3) is 6.08 Å². The zero-order chi connectivity index (χ0) is 18.5. The lowest BCUT2D eigenvalue weighted by atomic mass is 10.2. The van der Waals surface area contributed by atoms with Crippen molar-refractivity contribution in [2.75, 3.05) is 12.4 Å². The van der Waals surface area contributed by atoms with Gasteiger partial charge < -0.3 is 15.4 Å². The lowest BCUT2D eigenvalue weighted by molar-refractivity contribution is -0.115. The Hall–Kier alpha value is -3.06. The number of ether oxygens (including phenoxy) is 1. The second kappa shape index (κ2) is 7.88. The molecule has 2 amide bonds. The number of hydrogen-bond donors (Lipinski definition) is 2. The van der Waals surface area contributed by atoms with Gasteiger partial charge in [0.15, 0.2) is 5.17 Å². The summed E-state index contributed by atoms with van der Waals surface area (Å²) in [4.78, 5) is 28.2. The number of carbonyl (C=O) groups is 2. The summed E-state index contributed by atoms with van der Waals surface area (Å²) in [6.45, 7) is 1.45. The van der Waals surface area contributed by atoms with Gasteiger partial charge in [-0.15, -0.1) is 0 Å². The number of nitrogens with zero attached hydrogens (tertiary/aromatic N) is 1. The number of thioether (sulfide) groups is 1. The van der Waals surface area contributed by atoms with Crippen LogP contribution in [-0.4, -0.2) is 24.1 Å². The standard InChI is InChI=1S/C19H17N3O3S/c1-12(23)20-14-6-8-15(9-7-14)21-19-22-18(24)17(26-19)11-13-4-3-5-16(10-13)25-2/h3-11H,1-2H3,(H,20,23)(H,21,22,24)/b17-11-. The monoisotopic (exact) mass is 367 g/mol. The van der Waals surface area contributed by atoms with E-state index in [2.05, 4.69) is 15.6 Å². The SMILES string of the molecule is COc1cccc(/C=C2\SC(=Nc3ccc(NC(C)=O)cc3)NC2=O)c1. The number of anilines is 1. The molecule has 0 radical (unpaired) electrons. The average Bonchev–Trinajstić information content (AvgIpc) is 2.95. The molecule has 0 saturated carbocycles. The van der Waals surface area contributed by atoms with E-state index in [0.717, 1.165) is 11.3 Å². The van der Waals surface area contributed by atoms with Crippen molar-refractivity contribution in [1.82, 2.24) is 5.32 Å². The lowest BCUT2D eigenvalue weighted by Gasteiger charge is -2.02. The highest BCUT2D eigenvalue weighted by molar-refractivity contribution is 8.18. The molecular formula is C19H17N3O3S. The molecule has 0 unspecified atom stereocenters. The van der Waals surface area contributed by atoms with Crippen molar-refractivity contribution in [3.05, 3.63) is 59.0 Å². The first kappa shape index (κ1) is 17.8. The summed E-state index contributed by atoms with van der Waals surface area (Å²) in [5.41, 5.74) is 2.26. The molecule has 132 valence electrons. The van der Waals surface area contributed by atoms with Gasteiger partial charge in [-0.1, -0.05) is 12.1 Å². The van der Waals surface area contributed by atoms with Gasteiger partial charge in [-0.25, -0.2) is 4.99 Å². The molecule has 2 aromatic rings. The number of amides is 2. The molecule has 0 aromatic heterocycles. The van der Waals surface area contributed by atoms with Crippen LogP contribution in [0.1, 0.15) is 12.5 Å². The van der Waals surface area contributed by atoms with E-state index in [4.69, 9.17) is 4.74 Å². The molecule has 0 bridgehead atoms. The summed E-state index contributed by atoms with van der Waals surface area (Å²) in [5.74, 6) is 0.414. The normalized spacial score (nSPS) is 16.6. The first-order valence-electron chi connectivity index (χ1n) is 7.85. The van der Waals surface area contributed by atoms with E-state index in [1.165, 1.54) is 18.7 Å². The smallest absolute Gasteiger partial charge is 0.264 e. The van der Waals surface area contributed by atoms with Gasteiger partial charge in [-0.05, 0) is 59.8 Å². The van der Waals surface area contributed by atoms with E-state index in [1.807, 2.05) is 24.3 Å². The van der Waals surface area contributed by atoms with Crippen molar-refractivity contribution in [2.24, 2.45) is 4.99 Å². The van der Waals surface area contributed by atoms with Crippen molar-refractivity contribution in [1.29, 1.82) is 0 Å². The molecule has 1 aliphatic rings. The zero-order valence-electron chi connectivity index (χ0n) is 14.3. The third kappa shape index (κ3) is 4.52. The van der Waals surface area contributed by atoms with Crippen LogP contribution in [0.4, 0.5) is 11.4 Å². The summed E-state index contributed by atoms with van der Waals surface area (Å²) in [7, 11) is 1.60. The van der Waals surface area contributed by atoms with Crippen LogP contribution in [0, 0.1) is 0 Å². The molecule has 6 nitrogen and oxygen atoms in total. The fourth-order valence-corrected chi connectivity index (χ4v) is 3.14. The van der Waals surface area contributed by atoms with E-state index in [-0.39, 0.29) is 11.8 Å². The van der Waals surface area contributed by atoms with E-state index in [1.54, 1.807) is 37.5 Å². The number of carbonyl (C=O) groups excluding carboxylic acids is 2. The Morgan fingerprint density at radius 1 is 1.23 bits per heavy atom. The third-order valence-corrected chi connectivity index (χ3v) is 4.37. The van der Waals surface area contributed by atoms with E-state index in [0.29, 0.717) is 21.4 Å². The first-order chi connectivity index (χ1) is 12.5. The fraction of sp³-hybridized carbons (Fsp3) is 0.105. The van der Waals surface area contributed by atoms with Gasteiger partial charge in [0.25, 0.3) is 5.91 Å². The Bertz CT molecular complexity index is 905. The molecule has 1 aliphatic heterocycles. The van der Waals surface area contributed by atoms with Crippen molar-refractivity contribution in [2.45, 2.75) is 6.92 Å². The average molecular weight is 367 g/mol. The molecule has 1 fully saturated rings. The topological polar surface area (TPSA) is 79.8 Å². The quantitative estimate of drug-likeness (QED) is 0.810. The molecule has 0 aliphatic carbocycles. The van der Waals surface area contributed by atoms with Gasteiger partial charge in [0, 0.05) is 12.6 Å². The number of nitrogens with one attached hydrogen (secondary N) is 2. The van der Waals surface area contributed by atoms with Crippen molar-refractivity contribution in [3.8, 4) is 5.75 Å². The fourth-order valence-electron chi connectivity index (χ4n) is 2.30. The molecule has 1 heterocycles. The second-order valence-electron chi connectivity index (χ2n) is 5.49.